The Labute approximate surface area is 164 Å². The summed E-state index contributed by atoms with van der Waals surface area (Å²) in [5.41, 5.74) is 1.23. The van der Waals surface area contributed by atoms with Crippen molar-refractivity contribution in [3.8, 4) is 11.5 Å². The van der Waals surface area contributed by atoms with Crippen molar-refractivity contribution in [3.05, 3.63) is 23.8 Å². The van der Waals surface area contributed by atoms with Gasteiger partial charge in [0.15, 0.2) is 11.5 Å². The first-order chi connectivity index (χ1) is 13.1. The highest BCUT2D eigenvalue weighted by Gasteiger charge is 2.23. The molecule has 1 aromatic carbocycles. The lowest BCUT2D eigenvalue weighted by Crippen LogP contribution is -2.36. The van der Waals surface area contributed by atoms with Crippen LogP contribution in [0.3, 0.4) is 0 Å². The molecule has 0 bridgehead atoms. The van der Waals surface area contributed by atoms with E-state index in [1.54, 1.807) is 7.11 Å². The van der Waals surface area contributed by atoms with Crippen molar-refractivity contribution >= 4 is 0 Å². The van der Waals surface area contributed by atoms with Crippen LogP contribution in [0.2, 0.25) is 0 Å². The summed E-state index contributed by atoms with van der Waals surface area (Å²) in [7, 11) is 3.85. The van der Waals surface area contributed by atoms with E-state index in [4.69, 9.17) is 9.47 Å². The van der Waals surface area contributed by atoms with Gasteiger partial charge in [0.1, 0.15) is 12.7 Å². The Morgan fingerprint density at radius 2 is 1.89 bits per heavy atom. The van der Waals surface area contributed by atoms with E-state index >= 15 is 0 Å². The molecule has 0 aromatic heterocycles. The number of hydrogen-bond donors (Lipinski definition) is 1. The number of hydrogen-bond acceptors (Lipinski definition) is 5. The summed E-state index contributed by atoms with van der Waals surface area (Å²) < 4.78 is 11.4. The lowest BCUT2D eigenvalue weighted by molar-refractivity contribution is 0.0683. The van der Waals surface area contributed by atoms with Crippen LogP contribution in [0.4, 0.5) is 0 Å². The maximum Gasteiger partial charge on any atom is 0.161 e. The summed E-state index contributed by atoms with van der Waals surface area (Å²) in [5, 5.41) is 10.4. The largest absolute Gasteiger partial charge is 0.493 e. The number of β-amino-alcohol motifs (C(OH)–C–C–N with tert-alkyl or cyclic N) is 1. The minimum Gasteiger partial charge on any atom is -0.493 e. The van der Waals surface area contributed by atoms with Crippen molar-refractivity contribution in [1.82, 2.24) is 9.80 Å². The van der Waals surface area contributed by atoms with Gasteiger partial charge in [0, 0.05) is 19.6 Å². The lowest BCUT2D eigenvalue weighted by atomic mass is 10.2. The minimum atomic E-state index is -0.475. The van der Waals surface area contributed by atoms with E-state index in [-0.39, 0.29) is 0 Å². The van der Waals surface area contributed by atoms with Gasteiger partial charge in [0.25, 0.3) is 0 Å². The first kappa shape index (κ1) is 20.4. The fourth-order valence-electron chi connectivity index (χ4n) is 3.90. The molecule has 1 atom stereocenters. The Morgan fingerprint density at radius 1 is 1.15 bits per heavy atom. The maximum atomic E-state index is 10.4. The zero-order valence-corrected chi connectivity index (χ0v) is 17.0. The van der Waals surface area contributed by atoms with Crippen LogP contribution in [0.5, 0.6) is 11.5 Å². The molecule has 2 aliphatic rings. The third kappa shape index (κ3) is 6.98. The first-order valence-electron chi connectivity index (χ1n) is 10.5. The van der Waals surface area contributed by atoms with Gasteiger partial charge < -0.3 is 24.4 Å². The van der Waals surface area contributed by atoms with Crippen LogP contribution in [0, 0.1) is 5.92 Å². The molecule has 0 amide bonds. The van der Waals surface area contributed by atoms with Crippen LogP contribution in [-0.2, 0) is 6.54 Å². The van der Waals surface area contributed by atoms with Gasteiger partial charge in [0.05, 0.1) is 7.11 Å². The Kier molecular flexibility index (Phi) is 7.80. The van der Waals surface area contributed by atoms with Gasteiger partial charge in [0.2, 0.25) is 0 Å². The molecule has 1 saturated carbocycles. The van der Waals surface area contributed by atoms with E-state index in [2.05, 4.69) is 29.0 Å². The normalized spacial score (nSPS) is 19.7. The molecule has 1 N–H and O–H groups in total. The van der Waals surface area contributed by atoms with Crippen molar-refractivity contribution in [2.75, 3.05) is 46.9 Å². The van der Waals surface area contributed by atoms with Gasteiger partial charge in [-0.25, -0.2) is 0 Å². The Bertz CT molecular complexity index is 569. The number of likely N-dealkylation sites (tertiary alicyclic amines) is 1. The molecule has 1 heterocycles. The second-order valence-electron chi connectivity index (χ2n) is 8.30. The zero-order chi connectivity index (χ0) is 19.1. The molecular weight excluding hydrogens is 340 g/mol. The van der Waals surface area contributed by atoms with Crippen LogP contribution in [0.1, 0.15) is 44.1 Å². The van der Waals surface area contributed by atoms with Gasteiger partial charge in [-0.15, -0.1) is 0 Å². The number of rotatable bonds is 10. The monoisotopic (exact) mass is 376 g/mol. The average Bonchev–Trinajstić information content (AvgIpc) is 3.48. The standard InChI is InChI=1S/C22H36N2O3/c1-23(14-18-7-8-18)15-19-9-10-21(22(13-19)26-2)27-17-20(25)16-24-11-5-3-4-6-12-24/h9-10,13,18,20,25H,3-8,11-12,14-17H2,1-2H3. The van der Waals surface area contributed by atoms with E-state index in [1.807, 2.05) is 6.07 Å². The highest BCUT2D eigenvalue weighted by molar-refractivity contribution is 5.43. The van der Waals surface area contributed by atoms with Crippen molar-refractivity contribution in [1.29, 1.82) is 0 Å². The summed E-state index contributed by atoms with van der Waals surface area (Å²) in [6, 6.07) is 6.13. The lowest BCUT2D eigenvalue weighted by Gasteiger charge is -2.23. The van der Waals surface area contributed by atoms with Crippen LogP contribution in [0.25, 0.3) is 0 Å². The van der Waals surface area contributed by atoms with Crippen LogP contribution in [0.15, 0.2) is 18.2 Å². The second kappa shape index (κ2) is 10.3. The Morgan fingerprint density at radius 3 is 2.56 bits per heavy atom. The highest BCUT2D eigenvalue weighted by atomic mass is 16.5. The van der Waals surface area contributed by atoms with Crippen molar-refractivity contribution in [3.63, 3.8) is 0 Å². The molecule has 5 nitrogen and oxygen atoms in total. The van der Waals surface area contributed by atoms with Crippen molar-refractivity contribution < 1.29 is 14.6 Å². The molecule has 2 fully saturated rings. The summed E-state index contributed by atoms with van der Waals surface area (Å²) >= 11 is 0. The zero-order valence-electron chi connectivity index (χ0n) is 17.0. The molecule has 27 heavy (non-hydrogen) atoms. The summed E-state index contributed by atoms with van der Waals surface area (Å²) in [4.78, 5) is 4.73. The van der Waals surface area contributed by atoms with E-state index < -0.39 is 6.10 Å². The number of aliphatic hydroxyl groups excluding tert-OH is 1. The number of ether oxygens (including phenoxy) is 2. The Balaban J connectivity index is 1.48. The fraction of sp³-hybridized carbons (Fsp3) is 0.727. The van der Waals surface area contributed by atoms with E-state index in [0.717, 1.165) is 31.3 Å². The molecule has 3 rings (SSSR count). The molecule has 0 radical (unpaired) electrons. The fourth-order valence-corrected chi connectivity index (χ4v) is 3.90. The van der Waals surface area contributed by atoms with Gasteiger partial charge in [-0.3, -0.25) is 0 Å². The van der Waals surface area contributed by atoms with Crippen molar-refractivity contribution in [2.24, 2.45) is 5.92 Å². The van der Waals surface area contributed by atoms with Gasteiger partial charge in [-0.05, 0) is 69.4 Å². The van der Waals surface area contributed by atoms with Crippen molar-refractivity contribution in [2.45, 2.75) is 51.2 Å². The molecule has 1 saturated heterocycles. The quantitative estimate of drug-likeness (QED) is 0.680. The smallest absolute Gasteiger partial charge is 0.161 e. The second-order valence-corrected chi connectivity index (χ2v) is 8.30. The summed E-state index contributed by atoms with van der Waals surface area (Å²) in [5.74, 6) is 2.35. The highest BCUT2D eigenvalue weighted by Crippen LogP contribution is 2.31. The number of nitrogens with zero attached hydrogens (tertiary/aromatic N) is 2. The van der Waals surface area contributed by atoms with E-state index in [9.17, 15) is 5.11 Å². The maximum absolute atomic E-state index is 10.4. The first-order valence-corrected chi connectivity index (χ1v) is 10.5. The van der Waals surface area contributed by atoms with Crippen LogP contribution >= 0.6 is 0 Å². The topological polar surface area (TPSA) is 45.2 Å². The predicted octanol–water partition coefficient (Wildman–Crippen LogP) is 3.15. The molecule has 5 heteroatoms. The molecular formula is C22H36N2O3. The van der Waals surface area contributed by atoms with Gasteiger partial charge in [-0.1, -0.05) is 18.9 Å². The molecule has 0 spiro atoms. The molecule has 1 aromatic rings. The van der Waals surface area contributed by atoms with Gasteiger partial charge >= 0.3 is 0 Å². The minimum absolute atomic E-state index is 0.299. The van der Waals surface area contributed by atoms with E-state index in [0.29, 0.717) is 18.9 Å². The molecule has 1 unspecified atom stereocenters. The Hall–Kier alpha value is -1.30. The number of aliphatic hydroxyl groups is 1. The third-order valence-electron chi connectivity index (χ3n) is 5.55. The molecule has 1 aliphatic heterocycles. The number of benzene rings is 1. The average molecular weight is 377 g/mol. The van der Waals surface area contributed by atoms with Gasteiger partial charge in [-0.2, -0.15) is 0 Å². The predicted molar refractivity (Wildman–Crippen MR) is 108 cm³/mol. The third-order valence-corrected chi connectivity index (χ3v) is 5.55. The number of methoxy groups -OCH3 is 1. The SMILES string of the molecule is COc1cc(CN(C)CC2CC2)ccc1OCC(O)CN1CCCCCC1. The van der Waals surface area contributed by atoms with Crippen LogP contribution < -0.4 is 9.47 Å². The summed E-state index contributed by atoms with van der Waals surface area (Å²) in [6.07, 6.45) is 7.36. The summed E-state index contributed by atoms with van der Waals surface area (Å²) in [6.45, 7) is 5.25. The molecule has 152 valence electrons. The van der Waals surface area contributed by atoms with Crippen LogP contribution in [-0.4, -0.2) is 68.0 Å². The molecule has 1 aliphatic carbocycles. The van der Waals surface area contributed by atoms with E-state index in [1.165, 1.54) is 50.6 Å².